The van der Waals surface area contributed by atoms with Gasteiger partial charge in [0.05, 0.1) is 9.89 Å². The van der Waals surface area contributed by atoms with Crippen LogP contribution < -0.4 is 5.73 Å². The van der Waals surface area contributed by atoms with Crippen molar-refractivity contribution in [3.05, 3.63) is 55.1 Å². The first-order valence-electron chi connectivity index (χ1n) is 5.93. The molecule has 2 rings (SSSR count). The average molecular weight is 361 g/mol. The number of rotatable bonds is 4. The van der Waals surface area contributed by atoms with Crippen LogP contribution >= 0.6 is 38.9 Å². The van der Waals surface area contributed by atoms with Gasteiger partial charge >= 0.3 is 0 Å². The lowest BCUT2D eigenvalue weighted by atomic mass is 9.92. The van der Waals surface area contributed by atoms with Gasteiger partial charge in [-0.2, -0.15) is 0 Å². The monoisotopic (exact) mass is 359 g/mol. The second-order valence-electron chi connectivity index (χ2n) is 4.41. The predicted octanol–water partition coefficient (Wildman–Crippen LogP) is 4.25. The predicted molar refractivity (Wildman–Crippen MR) is 85.0 cm³/mol. The number of aliphatic hydroxyl groups excluding tert-OH is 1. The van der Waals surface area contributed by atoms with E-state index in [2.05, 4.69) is 15.9 Å². The fourth-order valence-corrected chi connectivity index (χ4v) is 3.93. The highest BCUT2D eigenvalue weighted by molar-refractivity contribution is 9.11. The SMILES string of the molecule is Cc1cc(C(O)C(CN)c2ccccc2Cl)sc1Br. The molecule has 2 aromatic rings. The molecular formula is C14H15BrClNOS. The summed E-state index contributed by atoms with van der Waals surface area (Å²) in [6.07, 6.45) is -0.639. The zero-order chi connectivity index (χ0) is 14.0. The van der Waals surface area contributed by atoms with Crippen molar-refractivity contribution in [2.24, 2.45) is 5.73 Å². The molecule has 0 bridgehead atoms. The van der Waals surface area contributed by atoms with Crippen LogP contribution in [0.25, 0.3) is 0 Å². The molecule has 1 aromatic carbocycles. The molecule has 2 unspecified atom stereocenters. The summed E-state index contributed by atoms with van der Waals surface area (Å²) in [5.74, 6) is -0.196. The molecule has 1 heterocycles. The number of nitrogens with two attached hydrogens (primary N) is 1. The highest BCUT2D eigenvalue weighted by Gasteiger charge is 2.25. The Morgan fingerprint density at radius 2 is 2.11 bits per heavy atom. The minimum absolute atomic E-state index is 0.196. The molecule has 0 spiro atoms. The molecule has 1 aromatic heterocycles. The van der Waals surface area contributed by atoms with E-state index in [1.807, 2.05) is 37.3 Å². The van der Waals surface area contributed by atoms with Gasteiger partial charge < -0.3 is 10.8 Å². The van der Waals surface area contributed by atoms with Crippen LogP contribution in [-0.4, -0.2) is 11.7 Å². The Hall–Kier alpha value is -0.390. The van der Waals surface area contributed by atoms with Crippen LogP contribution in [0.15, 0.2) is 34.1 Å². The summed E-state index contributed by atoms with van der Waals surface area (Å²) in [6.45, 7) is 2.35. The zero-order valence-corrected chi connectivity index (χ0v) is 13.6. The van der Waals surface area contributed by atoms with Crippen LogP contribution in [0.2, 0.25) is 5.02 Å². The van der Waals surface area contributed by atoms with E-state index >= 15 is 0 Å². The van der Waals surface area contributed by atoms with E-state index in [0.717, 1.165) is 19.8 Å². The maximum Gasteiger partial charge on any atom is 0.0963 e. The van der Waals surface area contributed by atoms with Gasteiger partial charge in [0.25, 0.3) is 0 Å². The number of aliphatic hydroxyl groups is 1. The molecule has 0 amide bonds. The van der Waals surface area contributed by atoms with Gasteiger partial charge in [0.2, 0.25) is 0 Å². The van der Waals surface area contributed by atoms with Crippen molar-refractivity contribution in [1.82, 2.24) is 0 Å². The first-order valence-corrected chi connectivity index (χ1v) is 7.91. The first kappa shape index (κ1) is 15.0. The molecule has 0 fully saturated rings. The highest BCUT2D eigenvalue weighted by Crippen LogP contribution is 2.39. The van der Waals surface area contributed by atoms with Crippen molar-refractivity contribution < 1.29 is 5.11 Å². The Bertz CT molecular complexity index is 553. The van der Waals surface area contributed by atoms with Gasteiger partial charge in [0, 0.05) is 22.4 Å². The Morgan fingerprint density at radius 3 is 2.63 bits per heavy atom. The van der Waals surface area contributed by atoms with Crippen LogP contribution in [0.3, 0.4) is 0 Å². The van der Waals surface area contributed by atoms with Gasteiger partial charge in [-0.3, -0.25) is 0 Å². The summed E-state index contributed by atoms with van der Waals surface area (Å²) in [5.41, 5.74) is 7.84. The topological polar surface area (TPSA) is 46.2 Å². The fourth-order valence-electron chi connectivity index (χ4n) is 2.03. The summed E-state index contributed by atoms with van der Waals surface area (Å²) < 4.78 is 1.04. The molecule has 102 valence electrons. The Kier molecular flexibility index (Phi) is 5.03. The third kappa shape index (κ3) is 3.20. The Labute approximate surface area is 130 Å². The third-order valence-electron chi connectivity index (χ3n) is 3.11. The van der Waals surface area contributed by atoms with E-state index in [4.69, 9.17) is 17.3 Å². The maximum atomic E-state index is 10.5. The van der Waals surface area contributed by atoms with Gasteiger partial charge in [-0.25, -0.2) is 0 Å². The molecule has 0 radical (unpaired) electrons. The van der Waals surface area contributed by atoms with Gasteiger partial charge in [-0.1, -0.05) is 29.8 Å². The molecule has 0 aliphatic rings. The fraction of sp³-hybridized carbons (Fsp3) is 0.286. The summed E-state index contributed by atoms with van der Waals surface area (Å²) in [6, 6.07) is 9.50. The van der Waals surface area contributed by atoms with Gasteiger partial charge in [-0.15, -0.1) is 11.3 Å². The van der Waals surface area contributed by atoms with Gasteiger partial charge in [-0.05, 0) is 46.1 Å². The van der Waals surface area contributed by atoms with E-state index in [9.17, 15) is 5.11 Å². The van der Waals surface area contributed by atoms with E-state index in [1.165, 1.54) is 11.3 Å². The summed E-state index contributed by atoms with van der Waals surface area (Å²) in [5, 5.41) is 11.2. The second-order valence-corrected chi connectivity index (χ2v) is 7.22. The van der Waals surface area contributed by atoms with E-state index in [1.54, 1.807) is 0 Å². The molecule has 19 heavy (non-hydrogen) atoms. The summed E-state index contributed by atoms with van der Waals surface area (Å²) in [7, 11) is 0. The van der Waals surface area contributed by atoms with Gasteiger partial charge in [0.1, 0.15) is 0 Å². The van der Waals surface area contributed by atoms with Crippen LogP contribution in [-0.2, 0) is 0 Å². The quantitative estimate of drug-likeness (QED) is 0.856. The lowest BCUT2D eigenvalue weighted by Crippen LogP contribution is -2.19. The maximum absolute atomic E-state index is 10.5. The lowest BCUT2D eigenvalue weighted by molar-refractivity contribution is 0.151. The molecule has 2 atom stereocenters. The van der Waals surface area contributed by atoms with E-state index < -0.39 is 6.10 Å². The van der Waals surface area contributed by atoms with Crippen LogP contribution in [0.1, 0.15) is 28.0 Å². The van der Waals surface area contributed by atoms with Crippen molar-refractivity contribution >= 4 is 38.9 Å². The second kappa shape index (κ2) is 6.37. The standard InChI is InChI=1S/C14H15BrClNOS/c1-8-6-12(19-14(8)15)13(18)10(7-17)9-4-2-3-5-11(9)16/h2-6,10,13,18H,7,17H2,1H3. The van der Waals surface area contributed by atoms with Gasteiger partial charge in [0.15, 0.2) is 0 Å². The average Bonchev–Trinajstić information content (AvgIpc) is 2.73. The van der Waals surface area contributed by atoms with E-state index in [-0.39, 0.29) is 5.92 Å². The third-order valence-corrected chi connectivity index (χ3v) is 5.66. The molecule has 5 heteroatoms. The van der Waals surface area contributed by atoms with Crippen LogP contribution in [0.4, 0.5) is 0 Å². The van der Waals surface area contributed by atoms with Crippen molar-refractivity contribution in [2.45, 2.75) is 18.9 Å². The van der Waals surface area contributed by atoms with Crippen LogP contribution in [0.5, 0.6) is 0 Å². The molecule has 2 nitrogen and oxygen atoms in total. The summed E-state index contributed by atoms with van der Waals surface area (Å²) in [4.78, 5) is 0.903. The Balaban J connectivity index is 2.34. The van der Waals surface area contributed by atoms with Crippen molar-refractivity contribution in [3.63, 3.8) is 0 Å². The van der Waals surface area contributed by atoms with Crippen LogP contribution in [0, 0.1) is 6.92 Å². The van der Waals surface area contributed by atoms with E-state index in [0.29, 0.717) is 11.6 Å². The minimum atomic E-state index is -0.639. The number of aryl methyl sites for hydroxylation is 1. The largest absolute Gasteiger partial charge is 0.387 e. The minimum Gasteiger partial charge on any atom is -0.387 e. The first-order chi connectivity index (χ1) is 9.04. The smallest absolute Gasteiger partial charge is 0.0963 e. The normalized spacial score (nSPS) is 14.4. The number of hydrogen-bond acceptors (Lipinski definition) is 3. The molecule has 0 aliphatic carbocycles. The number of thiophene rings is 1. The molecule has 3 N–H and O–H groups in total. The highest BCUT2D eigenvalue weighted by atomic mass is 79.9. The summed E-state index contributed by atoms with van der Waals surface area (Å²) >= 11 is 11.2. The molecule has 0 aliphatic heterocycles. The number of hydrogen-bond donors (Lipinski definition) is 2. The number of halogens is 2. The zero-order valence-electron chi connectivity index (χ0n) is 10.4. The van der Waals surface area contributed by atoms with Crippen molar-refractivity contribution in [3.8, 4) is 0 Å². The van der Waals surface area contributed by atoms with Crippen molar-refractivity contribution in [1.29, 1.82) is 0 Å². The molecular weight excluding hydrogens is 346 g/mol. The Morgan fingerprint density at radius 1 is 1.42 bits per heavy atom. The number of benzene rings is 1. The van der Waals surface area contributed by atoms with Crippen molar-refractivity contribution in [2.75, 3.05) is 6.54 Å². The molecule has 0 saturated heterocycles. The molecule has 0 saturated carbocycles. The lowest BCUT2D eigenvalue weighted by Gasteiger charge is -2.22.